The van der Waals surface area contributed by atoms with Gasteiger partial charge in [-0.1, -0.05) is 65.4 Å². The second kappa shape index (κ2) is 15.7. The van der Waals surface area contributed by atoms with Crippen LogP contribution in [0.1, 0.15) is 31.4 Å². The van der Waals surface area contributed by atoms with Crippen molar-refractivity contribution in [3.8, 4) is 11.5 Å². The van der Waals surface area contributed by atoms with Gasteiger partial charge in [-0.3, -0.25) is 0 Å². The average molecular weight is 499 g/mol. The third-order valence-corrected chi connectivity index (χ3v) is 4.32. The smallest absolute Gasteiger partial charge is 0.138 e. The Morgan fingerprint density at radius 3 is 2.30 bits per heavy atom. The van der Waals surface area contributed by atoms with E-state index in [1.165, 1.54) is 6.08 Å². The maximum atomic E-state index is 6.06. The third-order valence-electron chi connectivity index (χ3n) is 3.70. The molecule has 0 aliphatic heterocycles. The Kier molecular flexibility index (Phi) is 14.1. The van der Waals surface area contributed by atoms with Gasteiger partial charge in [-0.15, -0.1) is 0 Å². The van der Waals surface area contributed by atoms with Gasteiger partial charge in [0.1, 0.15) is 46.0 Å². The van der Waals surface area contributed by atoms with Crippen molar-refractivity contribution in [2.24, 2.45) is 5.16 Å². The van der Waals surface area contributed by atoms with Crippen LogP contribution in [0, 0.1) is 6.92 Å². The fourth-order valence-electron chi connectivity index (χ4n) is 2.38. The van der Waals surface area contributed by atoms with Crippen molar-refractivity contribution in [2.75, 3.05) is 33.0 Å². The molecule has 0 radical (unpaired) electrons. The summed E-state index contributed by atoms with van der Waals surface area (Å²) in [6.07, 6.45) is 4.76. The summed E-state index contributed by atoms with van der Waals surface area (Å²) in [6, 6.07) is 3.84. The Hall–Kier alpha value is -1.11. The van der Waals surface area contributed by atoms with Gasteiger partial charge in [0, 0.05) is 6.61 Å². The van der Waals surface area contributed by atoms with Crippen LogP contribution >= 0.6 is 46.4 Å². The minimum atomic E-state index is 0.125. The van der Waals surface area contributed by atoms with E-state index in [9.17, 15) is 0 Å². The summed E-state index contributed by atoms with van der Waals surface area (Å²) in [4.78, 5) is 5.23. The normalized spacial score (nSPS) is 11.1. The molecule has 0 atom stereocenters. The van der Waals surface area contributed by atoms with Crippen molar-refractivity contribution < 1.29 is 19.0 Å². The minimum absolute atomic E-state index is 0.125. The van der Waals surface area contributed by atoms with Crippen LogP contribution in [-0.2, 0) is 16.0 Å². The number of rotatable bonds is 14. The number of nitrogens with zero attached hydrogens (tertiary/aromatic N) is 1. The molecule has 0 heterocycles. The molecule has 5 nitrogen and oxygen atoms in total. The molecule has 0 unspecified atom stereocenters. The van der Waals surface area contributed by atoms with E-state index < -0.39 is 0 Å². The van der Waals surface area contributed by atoms with Gasteiger partial charge in [0.2, 0.25) is 0 Å². The second-order valence-electron chi connectivity index (χ2n) is 6.18. The highest BCUT2D eigenvalue weighted by molar-refractivity contribution is 6.56. The molecule has 0 bridgehead atoms. The molecule has 0 saturated heterocycles. The van der Waals surface area contributed by atoms with Crippen molar-refractivity contribution >= 4 is 52.1 Å². The molecule has 0 saturated carbocycles. The van der Waals surface area contributed by atoms with E-state index in [1.54, 1.807) is 6.08 Å². The summed E-state index contributed by atoms with van der Waals surface area (Å²) in [6.45, 7) is 7.64. The summed E-state index contributed by atoms with van der Waals surface area (Å²) in [7, 11) is 0. The number of aryl methyl sites for hydroxylation is 2. The molecule has 0 aromatic heterocycles. The lowest BCUT2D eigenvalue weighted by Crippen LogP contribution is -2.19. The molecule has 0 fully saturated rings. The van der Waals surface area contributed by atoms with Gasteiger partial charge in [-0.05, 0) is 55.2 Å². The van der Waals surface area contributed by atoms with Crippen LogP contribution in [-0.4, -0.2) is 38.7 Å². The molecule has 0 spiro atoms. The standard InChI is InChI=1S/C21H27Cl4NO4/c1-4-8-27-13-17(26-30-10-7-20(24)25)14-29-21-15(3)11-18(12-16(21)5-2)28-9-6-19(22)23/h6-7,11-12H,4-5,8-10,13-14H2,1-3H3. The number of halogens is 4. The maximum Gasteiger partial charge on any atom is 0.138 e. The largest absolute Gasteiger partial charge is 0.489 e. The van der Waals surface area contributed by atoms with Gasteiger partial charge in [-0.25, -0.2) is 0 Å². The first-order valence-corrected chi connectivity index (χ1v) is 11.0. The van der Waals surface area contributed by atoms with Crippen LogP contribution in [0.4, 0.5) is 0 Å². The molecule has 0 aliphatic rings. The van der Waals surface area contributed by atoms with E-state index in [4.69, 9.17) is 65.5 Å². The minimum Gasteiger partial charge on any atom is -0.489 e. The predicted octanol–water partition coefficient (Wildman–Crippen LogP) is 6.75. The molecule has 1 rings (SSSR count). The second-order valence-corrected chi connectivity index (χ2v) is 8.19. The molecule has 1 aromatic carbocycles. The van der Waals surface area contributed by atoms with Crippen molar-refractivity contribution in [1.29, 1.82) is 0 Å². The molecule has 0 aliphatic carbocycles. The molecule has 0 amide bonds. The molecule has 1 aromatic rings. The van der Waals surface area contributed by atoms with Crippen LogP contribution in [0.3, 0.4) is 0 Å². The summed E-state index contributed by atoms with van der Waals surface area (Å²) in [5.74, 6) is 1.50. The number of benzene rings is 1. The lowest BCUT2D eigenvalue weighted by molar-refractivity contribution is 0.147. The zero-order chi connectivity index (χ0) is 22.4. The predicted molar refractivity (Wildman–Crippen MR) is 126 cm³/mol. The highest BCUT2D eigenvalue weighted by atomic mass is 35.5. The fraction of sp³-hybridized carbons (Fsp3) is 0.476. The van der Waals surface area contributed by atoms with Gasteiger partial charge in [0.25, 0.3) is 0 Å². The van der Waals surface area contributed by atoms with Gasteiger partial charge in [0.05, 0.1) is 6.61 Å². The zero-order valence-corrected chi connectivity index (χ0v) is 20.4. The van der Waals surface area contributed by atoms with Gasteiger partial charge in [-0.2, -0.15) is 0 Å². The third kappa shape index (κ3) is 11.3. The van der Waals surface area contributed by atoms with E-state index in [0.29, 0.717) is 18.9 Å². The first-order chi connectivity index (χ1) is 14.4. The Bertz CT molecular complexity index is 743. The van der Waals surface area contributed by atoms with E-state index >= 15 is 0 Å². The summed E-state index contributed by atoms with van der Waals surface area (Å²) in [5.41, 5.74) is 2.57. The number of hydrogen-bond acceptors (Lipinski definition) is 5. The van der Waals surface area contributed by atoms with Crippen LogP contribution in [0.5, 0.6) is 11.5 Å². The quantitative estimate of drug-likeness (QED) is 0.161. The van der Waals surface area contributed by atoms with Crippen molar-refractivity contribution in [2.45, 2.75) is 33.6 Å². The summed E-state index contributed by atoms with van der Waals surface area (Å²) >= 11 is 22.4. The fourth-order valence-corrected chi connectivity index (χ4v) is 2.63. The lowest BCUT2D eigenvalue weighted by Gasteiger charge is -2.16. The summed E-state index contributed by atoms with van der Waals surface area (Å²) < 4.78 is 17.6. The van der Waals surface area contributed by atoms with Crippen LogP contribution < -0.4 is 9.47 Å². The molecule has 0 N–H and O–H groups in total. The number of oxime groups is 1. The van der Waals surface area contributed by atoms with Crippen molar-refractivity contribution in [3.05, 3.63) is 44.4 Å². The number of ether oxygens (including phenoxy) is 3. The monoisotopic (exact) mass is 497 g/mol. The van der Waals surface area contributed by atoms with Crippen LogP contribution in [0.2, 0.25) is 0 Å². The first-order valence-electron chi connectivity index (χ1n) is 9.54. The Balaban J connectivity index is 2.85. The highest BCUT2D eigenvalue weighted by Crippen LogP contribution is 2.30. The van der Waals surface area contributed by atoms with Crippen molar-refractivity contribution in [3.63, 3.8) is 0 Å². The van der Waals surface area contributed by atoms with E-state index in [0.717, 1.165) is 35.5 Å². The Labute approximate surface area is 198 Å². The van der Waals surface area contributed by atoms with Gasteiger partial charge < -0.3 is 19.0 Å². The average Bonchev–Trinajstić information content (AvgIpc) is 2.69. The maximum absolute atomic E-state index is 6.06. The molecule has 30 heavy (non-hydrogen) atoms. The first kappa shape index (κ1) is 26.9. The summed E-state index contributed by atoms with van der Waals surface area (Å²) in [5, 5.41) is 4.09. The van der Waals surface area contributed by atoms with Crippen LogP contribution in [0.15, 0.2) is 38.4 Å². The topological polar surface area (TPSA) is 49.3 Å². The Morgan fingerprint density at radius 1 is 0.967 bits per heavy atom. The molecule has 168 valence electrons. The highest BCUT2D eigenvalue weighted by Gasteiger charge is 2.12. The molecular weight excluding hydrogens is 472 g/mol. The van der Waals surface area contributed by atoms with Gasteiger partial charge >= 0.3 is 0 Å². The van der Waals surface area contributed by atoms with E-state index in [1.807, 2.05) is 32.9 Å². The SMILES string of the molecule is CCCOCC(COc1c(C)cc(OCC=C(Cl)Cl)cc1CC)=NOCC=C(Cl)Cl. The van der Waals surface area contributed by atoms with Gasteiger partial charge in [0.15, 0.2) is 0 Å². The van der Waals surface area contributed by atoms with E-state index in [-0.39, 0.29) is 28.8 Å². The molecule has 9 heteroatoms. The van der Waals surface area contributed by atoms with Crippen molar-refractivity contribution in [1.82, 2.24) is 0 Å². The Morgan fingerprint density at radius 2 is 1.67 bits per heavy atom. The molecular formula is C21H27Cl4NO4. The van der Waals surface area contributed by atoms with E-state index in [2.05, 4.69) is 5.16 Å². The van der Waals surface area contributed by atoms with Crippen LogP contribution in [0.25, 0.3) is 0 Å². The number of hydrogen-bond donors (Lipinski definition) is 0. The lowest BCUT2D eigenvalue weighted by atomic mass is 10.1. The zero-order valence-electron chi connectivity index (χ0n) is 17.4.